The van der Waals surface area contributed by atoms with Crippen LogP contribution in [0.4, 0.5) is 0 Å². The molecule has 19 heavy (non-hydrogen) atoms. The van der Waals surface area contributed by atoms with E-state index >= 15 is 0 Å². The molecule has 2 N–H and O–H groups in total. The SMILES string of the molecule is C#C[C@]1(O)C([C@H](O)[C@H](C)C=C)C2[C@@H](C[C@H]1C)C2(C)C. The Kier molecular flexibility index (Phi) is 3.36. The molecule has 2 saturated carbocycles. The van der Waals surface area contributed by atoms with Gasteiger partial charge in [0.15, 0.2) is 0 Å². The van der Waals surface area contributed by atoms with Crippen LogP contribution in [0.1, 0.15) is 34.1 Å². The van der Waals surface area contributed by atoms with Gasteiger partial charge in [0.05, 0.1) is 6.10 Å². The fraction of sp³-hybridized carbons (Fsp3) is 0.765. The van der Waals surface area contributed by atoms with Crippen molar-refractivity contribution in [2.75, 3.05) is 0 Å². The second-order valence-corrected chi connectivity index (χ2v) is 7.17. The van der Waals surface area contributed by atoms with Crippen molar-refractivity contribution in [2.45, 2.75) is 45.8 Å². The summed E-state index contributed by atoms with van der Waals surface area (Å²) in [6, 6.07) is 0. The fourth-order valence-electron chi connectivity index (χ4n) is 4.29. The molecule has 2 heteroatoms. The van der Waals surface area contributed by atoms with E-state index in [-0.39, 0.29) is 23.2 Å². The number of hydrogen-bond donors (Lipinski definition) is 2. The molecule has 0 spiro atoms. The summed E-state index contributed by atoms with van der Waals surface area (Å²) in [7, 11) is 0. The van der Waals surface area contributed by atoms with Crippen molar-refractivity contribution in [3.05, 3.63) is 12.7 Å². The van der Waals surface area contributed by atoms with E-state index in [1.165, 1.54) is 0 Å². The lowest BCUT2D eigenvalue weighted by molar-refractivity contribution is -0.104. The van der Waals surface area contributed by atoms with Gasteiger partial charge in [-0.1, -0.05) is 39.7 Å². The first-order valence-electron chi connectivity index (χ1n) is 7.22. The molecule has 0 amide bonds. The summed E-state index contributed by atoms with van der Waals surface area (Å²) < 4.78 is 0. The minimum absolute atomic E-state index is 0.0252. The number of rotatable bonds is 3. The van der Waals surface area contributed by atoms with Crippen LogP contribution in [0.25, 0.3) is 0 Å². The fourth-order valence-corrected chi connectivity index (χ4v) is 4.29. The number of fused-ring (bicyclic) bond motifs is 1. The van der Waals surface area contributed by atoms with Crippen LogP contribution in [0.2, 0.25) is 0 Å². The van der Waals surface area contributed by atoms with Gasteiger partial charge in [0.2, 0.25) is 0 Å². The van der Waals surface area contributed by atoms with Crippen LogP contribution < -0.4 is 0 Å². The maximum absolute atomic E-state index is 10.9. The van der Waals surface area contributed by atoms with Gasteiger partial charge in [-0.25, -0.2) is 0 Å². The molecule has 2 rings (SSSR count). The molecule has 2 unspecified atom stereocenters. The van der Waals surface area contributed by atoms with E-state index in [1.54, 1.807) is 6.08 Å². The maximum atomic E-state index is 10.9. The number of aliphatic hydroxyl groups is 2. The van der Waals surface area contributed by atoms with Crippen LogP contribution in [-0.2, 0) is 0 Å². The predicted molar refractivity (Wildman–Crippen MR) is 77.2 cm³/mol. The van der Waals surface area contributed by atoms with E-state index in [2.05, 4.69) is 26.3 Å². The smallest absolute Gasteiger partial charge is 0.133 e. The lowest BCUT2D eigenvalue weighted by Crippen LogP contribution is -2.53. The first-order valence-corrected chi connectivity index (χ1v) is 7.22. The molecule has 0 aromatic rings. The van der Waals surface area contributed by atoms with Gasteiger partial charge in [-0.2, -0.15) is 0 Å². The Morgan fingerprint density at radius 1 is 1.47 bits per heavy atom. The zero-order valence-corrected chi connectivity index (χ0v) is 12.4. The average Bonchev–Trinajstić information content (AvgIpc) is 2.90. The third kappa shape index (κ3) is 1.87. The highest BCUT2D eigenvalue weighted by molar-refractivity contribution is 5.26. The summed E-state index contributed by atoms with van der Waals surface area (Å²) in [6.07, 6.45) is 7.69. The number of terminal acetylenes is 1. The highest BCUT2D eigenvalue weighted by Crippen LogP contribution is 2.70. The van der Waals surface area contributed by atoms with Crippen molar-refractivity contribution in [2.24, 2.45) is 35.0 Å². The Morgan fingerprint density at radius 2 is 2.05 bits per heavy atom. The summed E-state index contributed by atoms with van der Waals surface area (Å²) in [5.74, 6) is 3.17. The van der Waals surface area contributed by atoms with Crippen molar-refractivity contribution in [1.82, 2.24) is 0 Å². The van der Waals surface area contributed by atoms with Crippen LogP contribution in [-0.4, -0.2) is 21.9 Å². The topological polar surface area (TPSA) is 40.5 Å². The summed E-state index contributed by atoms with van der Waals surface area (Å²) in [5.41, 5.74) is -1.03. The molecule has 2 aliphatic carbocycles. The van der Waals surface area contributed by atoms with E-state index in [9.17, 15) is 10.2 Å². The van der Waals surface area contributed by atoms with Crippen LogP contribution in [0.3, 0.4) is 0 Å². The highest BCUT2D eigenvalue weighted by Gasteiger charge is 2.70. The molecular weight excluding hydrogens is 236 g/mol. The van der Waals surface area contributed by atoms with E-state index in [1.807, 2.05) is 13.8 Å². The highest BCUT2D eigenvalue weighted by atomic mass is 16.3. The van der Waals surface area contributed by atoms with Crippen LogP contribution in [0, 0.1) is 47.3 Å². The molecule has 2 nitrogen and oxygen atoms in total. The molecule has 0 aliphatic heterocycles. The first-order chi connectivity index (χ1) is 8.71. The van der Waals surface area contributed by atoms with E-state index < -0.39 is 11.7 Å². The van der Waals surface area contributed by atoms with Crippen molar-refractivity contribution in [3.63, 3.8) is 0 Å². The number of hydrogen-bond acceptors (Lipinski definition) is 2. The molecule has 2 aliphatic rings. The third-order valence-electron chi connectivity index (χ3n) is 5.90. The molecular formula is C17H26O2. The van der Waals surface area contributed by atoms with Crippen LogP contribution in [0.15, 0.2) is 12.7 Å². The Hall–Kier alpha value is -0.780. The minimum atomic E-state index is -1.20. The van der Waals surface area contributed by atoms with Crippen molar-refractivity contribution < 1.29 is 10.2 Å². The molecule has 0 aromatic heterocycles. The van der Waals surface area contributed by atoms with E-state index in [4.69, 9.17) is 6.42 Å². The Bertz CT molecular complexity index is 419. The number of aliphatic hydroxyl groups excluding tert-OH is 1. The van der Waals surface area contributed by atoms with Crippen molar-refractivity contribution in [1.29, 1.82) is 0 Å². The Balaban J connectivity index is 2.40. The van der Waals surface area contributed by atoms with Gasteiger partial charge in [0.1, 0.15) is 5.60 Å². The van der Waals surface area contributed by atoms with Crippen molar-refractivity contribution >= 4 is 0 Å². The van der Waals surface area contributed by atoms with Crippen LogP contribution >= 0.6 is 0 Å². The monoisotopic (exact) mass is 262 g/mol. The van der Waals surface area contributed by atoms with Gasteiger partial charge < -0.3 is 10.2 Å². The zero-order valence-electron chi connectivity index (χ0n) is 12.4. The predicted octanol–water partition coefficient (Wildman–Crippen LogP) is 2.46. The molecule has 0 radical (unpaired) electrons. The first kappa shape index (κ1) is 14.6. The third-order valence-corrected chi connectivity index (χ3v) is 5.90. The van der Waals surface area contributed by atoms with Gasteiger partial charge in [0, 0.05) is 11.8 Å². The average molecular weight is 262 g/mol. The normalized spacial score (nSPS) is 46.6. The van der Waals surface area contributed by atoms with Gasteiger partial charge in [0.25, 0.3) is 0 Å². The maximum Gasteiger partial charge on any atom is 0.133 e. The molecule has 0 heterocycles. The zero-order chi connectivity index (χ0) is 14.6. The summed E-state index contributed by atoms with van der Waals surface area (Å²) in [6.45, 7) is 12.1. The molecule has 106 valence electrons. The lowest BCUT2D eigenvalue weighted by atomic mass is 9.65. The standard InChI is InChI=1S/C17H26O2/c1-7-10(3)15(18)14-13-12(16(13,5)6)9-11(4)17(14,19)8-2/h2,7,10-15,18-19H,1,9H2,3-6H3/t10-,11-,12-,13?,14?,15-,17-/m1/s1. The second-order valence-electron chi connectivity index (χ2n) is 7.17. The quantitative estimate of drug-likeness (QED) is 0.606. The van der Waals surface area contributed by atoms with Gasteiger partial charge in [-0.3, -0.25) is 0 Å². The molecule has 0 saturated heterocycles. The van der Waals surface area contributed by atoms with E-state index in [0.29, 0.717) is 11.8 Å². The molecule has 2 fully saturated rings. The van der Waals surface area contributed by atoms with Gasteiger partial charge in [-0.15, -0.1) is 13.0 Å². The summed E-state index contributed by atoms with van der Waals surface area (Å²) in [4.78, 5) is 0. The second kappa shape index (κ2) is 4.36. The minimum Gasteiger partial charge on any atom is -0.392 e. The molecule has 0 bridgehead atoms. The van der Waals surface area contributed by atoms with E-state index in [0.717, 1.165) is 6.42 Å². The van der Waals surface area contributed by atoms with Gasteiger partial charge in [-0.05, 0) is 29.6 Å². The molecule has 0 aromatic carbocycles. The summed E-state index contributed by atoms with van der Waals surface area (Å²) >= 11 is 0. The van der Waals surface area contributed by atoms with Crippen LogP contribution in [0.5, 0.6) is 0 Å². The Morgan fingerprint density at radius 3 is 2.53 bits per heavy atom. The summed E-state index contributed by atoms with van der Waals surface area (Å²) in [5, 5.41) is 21.6. The lowest BCUT2D eigenvalue weighted by Gasteiger charge is -2.44. The Labute approximate surface area is 116 Å². The molecule has 7 atom stereocenters. The van der Waals surface area contributed by atoms with Gasteiger partial charge >= 0.3 is 0 Å². The van der Waals surface area contributed by atoms with Crippen molar-refractivity contribution in [3.8, 4) is 12.3 Å². The largest absolute Gasteiger partial charge is 0.392 e.